The molecule has 0 atom stereocenters. The molecule has 26 heavy (non-hydrogen) atoms. The predicted octanol–water partition coefficient (Wildman–Crippen LogP) is 4.36. The Kier molecular flexibility index (Phi) is 3.78. The smallest absolute Gasteiger partial charge is 0.340 e. The van der Waals surface area contributed by atoms with E-state index in [4.69, 9.17) is 0 Å². The van der Waals surface area contributed by atoms with Gasteiger partial charge in [-0.25, -0.2) is 4.52 Å². The molecule has 2 aromatic heterocycles. The van der Waals surface area contributed by atoms with Gasteiger partial charge in [-0.15, -0.1) is 0 Å². The summed E-state index contributed by atoms with van der Waals surface area (Å²) in [5.41, 5.74) is 1.22. The highest BCUT2D eigenvalue weighted by atomic mass is 19.4. The van der Waals surface area contributed by atoms with Crippen molar-refractivity contribution in [3.05, 3.63) is 57.5 Å². The summed E-state index contributed by atoms with van der Waals surface area (Å²) in [6.45, 7) is 1.59. The highest BCUT2D eigenvalue weighted by Crippen LogP contribution is 2.38. The lowest BCUT2D eigenvalue weighted by Gasteiger charge is -2.24. The fourth-order valence-electron chi connectivity index (χ4n) is 3.28. The van der Waals surface area contributed by atoms with E-state index in [0.717, 1.165) is 37.0 Å². The van der Waals surface area contributed by atoms with Gasteiger partial charge in [0.15, 0.2) is 0 Å². The first-order valence-corrected chi connectivity index (χ1v) is 8.38. The van der Waals surface area contributed by atoms with Gasteiger partial charge >= 0.3 is 6.18 Å². The maximum atomic E-state index is 13.0. The van der Waals surface area contributed by atoms with Crippen molar-refractivity contribution in [3.8, 4) is 0 Å². The van der Waals surface area contributed by atoms with Crippen LogP contribution in [-0.4, -0.2) is 14.6 Å². The lowest BCUT2D eigenvalue weighted by molar-refractivity contribution is -0.137. The Bertz CT molecular complexity index is 1030. The molecule has 0 spiro atoms. The number of nitrogens with one attached hydrogen (secondary N) is 2. The zero-order valence-electron chi connectivity index (χ0n) is 14.0. The summed E-state index contributed by atoms with van der Waals surface area (Å²) in [7, 11) is 0. The number of rotatable bonds is 3. The van der Waals surface area contributed by atoms with Crippen molar-refractivity contribution in [2.24, 2.45) is 0 Å². The molecule has 2 heterocycles. The fraction of sp³-hybridized carbons (Fsp3) is 0.333. The van der Waals surface area contributed by atoms with Crippen molar-refractivity contribution in [1.29, 1.82) is 0 Å². The third-order valence-electron chi connectivity index (χ3n) is 4.76. The molecule has 3 aromatic rings. The monoisotopic (exact) mass is 362 g/mol. The first kappa shape index (κ1) is 16.7. The number of anilines is 2. The Hall–Kier alpha value is -2.77. The van der Waals surface area contributed by atoms with E-state index in [1.165, 1.54) is 10.6 Å². The highest BCUT2D eigenvalue weighted by molar-refractivity contribution is 5.62. The average Bonchev–Trinajstić information content (AvgIpc) is 2.88. The molecule has 1 fully saturated rings. The number of aromatic nitrogens is 3. The van der Waals surface area contributed by atoms with Gasteiger partial charge in [-0.3, -0.25) is 4.79 Å². The molecule has 0 radical (unpaired) electrons. The first-order chi connectivity index (χ1) is 12.3. The summed E-state index contributed by atoms with van der Waals surface area (Å²) in [6.07, 6.45) is 0.530. The van der Waals surface area contributed by atoms with Gasteiger partial charge in [-0.05, 0) is 49.4 Å². The van der Waals surface area contributed by atoms with Gasteiger partial charge in [0.2, 0.25) is 0 Å². The second kappa shape index (κ2) is 5.89. The number of benzene rings is 1. The van der Waals surface area contributed by atoms with Crippen LogP contribution in [-0.2, 0) is 6.18 Å². The summed E-state index contributed by atoms with van der Waals surface area (Å²) >= 11 is 0. The Labute approximate surface area is 146 Å². The van der Waals surface area contributed by atoms with Crippen LogP contribution in [0, 0.1) is 6.92 Å². The molecule has 8 heteroatoms. The van der Waals surface area contributed by atoms with Crippen LogP contribution in [0.3, 0.4) is 0 Å². The number of hydrogen-bond acceptors (Lipinski definition) is 3. The third-order valence-corrected chi connectivity index (χ3v) is 4.76. The SMILES string of the molecule is Cc1cc(Nc2cc(=O)[nH]c3c(C4CCC4)cnn23)cc(C(F)(F)F)c1. The number of hydrogen-bond donors (Lipinski definition) is 2. The molecule has 0 aliphatic heterocycles. The molecule has 0 amide bonds. The standard InChI is InChI=1S/C18H17F3N4O/c1-10-5-12(18(19,20)21)7-13(6-10)23-15-8-16(26)24-17-14(9-22-25(15)17)11-3-2-4-11/h5-9,11,23H,2-4H2,1H3,(H,24,26). The van der Waals surface area contributed by atoms with Crippen LogP contribution in [0.5, 0.6) is 0 Å². The third kappa shape index (κ3) is 2.95. The summed E-state index contributed by atoms with van der Waals surface area (Å²) < 4.78 is 40.7. The molecule has 2 N–H and O–H groups in total. The lowest BCUT2D eigenvalue weighted by Crippen LogP contribution is -2.14. The maximum Gasteiger partial charge on any atom is 0.416 e. The first-order valence-electron chi connectivity index (χ1n) is 8.38. The number of aryl methyl sites for hydroxylation is 1. The number of nitrogens with zero attached hydrogens (tertiary/aromatic N) is 2. The Morgan fingerprint density at radius 2 is 2.00 bits per heavy atom. The van der Waals surface area contributed by atoms with Crippen molar-refractivity contribution in [3.63, 3.8) is 0 Å². The van der Waals surface area contributed by atoms with Gasteiger partial charge in [0.1, 0.15) is 11.5 Å². The van der Waals surface area contributed by atoms with Crippen molar-refractivity contribution < 1.29 is 13.2 Å². The Balaban J connectivity index is 1.77. The maximum absolute atomic E-state index is 13.0. The van der Waals surface area contributed by atoms with E-state index in [2.05, 4.69) is 15.4 Å². The van der Waals surface area contributed by atoms with E-state index in [9.17, 15) is 18.0 Å². The molecule has 0 unspecified atom stereocenters. The second-order valence-electron chi connectivity index (χ2n) is 6.72. The number of aromatic amines is 1. The van der Waals surface area contributed by atoms with Gasteiger partial charge in [0.05, 0.1) is 11.8 Å². The highest BCUT2D eigenvalue weighted by Gasteiger charge is 2.31. The Morgan fingerprint density at radius 1 is 1.23 bits per heavy atom. The minimum atomic E-state index is -4.44. The summed E-state index contributed by atoms with van der Waals surface area (Å²) in [5, 5.41) is 7.22. The molecular weight excluding hydrogens is 345 g/mol. The molecular formula is C18H17F3N4O. The molecule has 136 valence electrons. The van der Waals surface area contributed by atoms with E-state index in [1.807, 2.05) is 0 Å². The fourth-order valence-corrected chi connectivity index (χ4v) is 3.28. The quantitative estimate of drug-likeness (QED) is 0.728. The average molecular weight is 362 g/mol. The number of fused-ring (bicyclic) bond motifs is 1. The van der Waals surface area contributed by atoms with E-state index in [0.29, 0.717) is 22.9 Å². The van der Waals surface area contributed by atoms with Crippen LogP contribution in [0.2, 0.25) is 0 Å². The zero-order valence-corrected chi connectivity index (χ0v) is 14.0. The molecule has 4 rings (SSSR count). The number of H-pyrrole nitrogens is 1. The van der Waals surface area contributed by atoms with Gasteiger partial charge in [-0.1, -0.05) is 6.42 Å². The van der Waals surface area contributed by atoms with Crippen LogP contribution in [0.15, 0.2) is 35.3 Å². The predicted molar refractivity (Wildman–Crippen MR) is 91.9 cm³/mol. The summed E-state index contributed by atoms with van der Waals surface area (Å²) in [5.74, 6) is 0.697. The molecule has 1 aliphatic carbocycles. The van der Waals surface area contributed by atoms with Crippen LogP contribution in [0.25, 0.3) is 5.65 Å². The molecule has 0 saturated heterocycles. The van der Waals surface area contributed by atoms with Crippen LogP contribution >= 0.6 is 0 Å². The number of alkyl halides is 3. The largest absolute Gasteiger partial charge is 0.416 e. The lowest BCUT2D eigenvalue weighted by atomic mass is 9.81. The molecule has 1 saturated carbocycles. The van der Waals surface area contributed by atoms with Crippen LogP contribution < -0.4 is 10.9 Å². The van der Waals surface area contributed by atoms with E-state index in [1.54, 1.807) is 19.2 Å². The minimum absolute atomic E-state index is 0.255. The van der Waals surface area contributed by atoms with Gasteiger partial charge in [-0.2, -0.15) is 18.3 Å². The van der Waals surface area contributed by atoms with Gasteiger partial charge < -0.3 is 10.3 Å². The van der Waals surface area contributed by atoms with Crippen molar-refractivity contribution in [2.75, 3.05) is 5.32 Å². The zero-order chi connectivity index (χ0) is 18.5. The number of halogens is 3. The van der Waals surface area contributed by atoms with Crippen LogP contribution in [0.1, 0.15) is 41.9 Å². The molecule has 1 aromatic carbocycles. The minimum Gasteiger partial charge on any atom is -0.340 e. The summed E-state index contributed by atoms with van der Waals surface area (Å²) in [6, 6.07) is 5.00. The second-order valence-corrected chi connectivity index (χ2v) is 6.72. The normalized spacial score (nSPS) is 15.2. The van der Waals surface area contributed by atoms with Crippen molar-refractivity contribution in [1.82, 2.24) is 14.6 Å². The molecule has 0 bridgehead atoms. The Morgan fingerprint density at radius 3 is 2.65 bits per heavy atom. The van der Waals surface area contributed by atoms with E-state index < -0.39 is 11.7 Å². The molecule has 1 aliphatic rings. The van der Waals surface area contributed by atoms with Crippen molar-refractivity contribution in [2.45, 2.75) is 38.3 Å². The summed E-state index contributed by atoms with van der Waals surface area (Å²) in [4.78, 5) is 14.8. The van der Waals surface area contributed by atoms with Gasteiger partial charge in [0.25, 0.3) is 5.56 Å². The molecule has 5 nitrogen and oxygen atoms in total. The van der Waals surface area contributed by atoms with E-state index >= 15 is 0 Å². The van der Waals surface area contributed by atoms with Crippen molar-refractivity contribution >= 4 is 17.2 Å². The van der Waals surface area contributed by atoms with E-state index in [-0.39, 0.29) is 11.2 Å². The van der Waals surface area contributed by atoms with Gasteiger partial charge in [0, 0.05) is 17.3 Å². The van der Waals surface area contributed by atoms with Crippen LogP contribution in [0.4, 0.5) is 24.7 Å². The topological polar surface area (TPSA) is 62.2 Å².